The second-order valence-electron chi connectivity index (χ2n) is 5.37. The van der Waals surface area contributed by atoms with Crippen molar-refractivity contribution in [2.45, 2.75) is 37.5 Å². The average molecular weight is 293 g/mol. The molecule has 0 aromatic rings. The lowest BCUT2D eigenvalue weighted by Crippen LogP contribution is -2.52. The molecule has 0 spiro atoms. The van der Waals surface area contributed by atoms with Gasteiger partial charge in [0, 0.05) is 19.3 Å². The summed E-state index contributed by atoms with van der Waals surface area (Å²) >= 11 is 0. The Morgan fingerprint density at radius 3 is 2.32 bits per heavy atom. The Labute approximate surface area is 114 Å². The number of amides is 1. The van der Waals surface area contributed by atoms with Crippen LogP contribution in [0.25, 0.3) is 0 Å². The molecule has 1 amide bonds. The van der Waals surface area contributed by atoms with E-state index in [1.54, 1.807) is 4.90 Å². The molecule has 0 atom stereocenters. The highest BCUT2D eigenvalue weighted by molar-refractivity contribution is 7.92. The highest BCUT2D eigenvalue weighted by atomic mass is 32.2. The minimum Gasteiger partial charge on any atom is -0.394 e. The molecule has 0 radical (unpaired) electrons. The van der Waals surface area contributed by atoms with E-state index in [0.29, 0.717) is 32.5 Å². The molecule has 7 heteroatoms. The summed E-state index contributed by atoms with van der Waals surface area (Å²) in [7, 11) is -3.43. The van der Waals surface area contributed by atoms with E-state index in [2.05, 4.69) is 0 Å². The summed E-state index contributed by atoms with van der Waals surface area (Å²) < 4.78 is 27.3. The molecule has 0 aliphatic carbocycles. The third kappa shape index (κ3) is 3.90. The van der Waals surface area contributed by atoms with Gasteiger partial charge in [-0.05, 0) is 26.7 Å². The Balaban J connectivity index is 2.59. The SMILES string of the molecule is CC(C)(C(=O)N1CCC(OCCO)CC1)S(C)(=O)=O. The minimum absolute atomic E-state index is 0.0136. The lowest BCUT2D eigenvalue weighted by atomic mass is 10.1. The highest BCUT2D eigenvalue weighted by Crippen LogP contribution is 2.22. The van der Waals surface area contributed by atoms with E-state index >= 15 is 0 Å². The fraction of sp³-hybridized carbons (Fsp3) is 0.917. The van der Waals surface area contributed by atoms with Gasteiger partial charge in [0.25, 0.3) is 0 Å². The summed E-state index contributed by atoms with van der Waals surface area (Å²) in [6.45, 7) is 4.16. The van der Waals surface area contributed by atoms with Crippen molar-refractivity contribution < 1.29 is 23.1 Å². The molecule has 1 aliphatic heterocycles. The van der Waals surface area contributed by atoms with Crippen molar-refractivity contribution in [3.8, 4) is 0 Å². The highest BCUT2D eigenvalue weighted by Gasteiger charge is 2.42. The van der Waals surface area contributed by atoms with Gasteiger partial charge in [0.2, 0.25) is 5.91 Å². The standard InChI is InChI=1S/C12H23NO5S/c1-12(2,19(3,16)17)11(15)13-6-4-10(5-7-13)18-9-8-14/h10,14H,4-9H2,1-3H3. The van der Waals surface area contributed by atoms with Crippen molar-refractivity contribution >= 4 is 15.7 Å². The smallest absolute Gasteiger partial charge is 0.243 e. The molecular weight excluding hydrogens is 270 g/mol. The van der Waals surface area contributed by atoms with Gasteiger partial charge in [-0.3, -0.25) is 4.79 Å². The molecule has 0 bridgehead atoms. The van der Waals surface area contributed by atoms with Gasteiger partial charge in [0.15, 0.2) is 9.84 Å². The number of carbonyl (C=O) groups excluding carboxylic acids is 1. The summed E-state index contributed by atoms with van der Waals surface area (Å²) in [5.74, 6) is -0.351. The number of rotatable bonds is 5. The third-order valence-electron chi connectivity index (χ3n) is 3.62. The monoisotopic (exact) mass is 293 g/mol. The quantitative estimate of drug-likeness (QED) is 0.759. The van der Waals surface area contributed by atoms with E-state index in [0.717, 1.165) is 6.26 Å². The first-order valence-electron chi connectivity index (χ1n) is 6.41. The van der Waals surface area contributed by atoms with Crippen LogP contribution in [0.4, 0.5) is 0 Å². The fourth-order valence-corrected chi connectivity index (χ4v) is 2.43. The molecule has 6 nitrogen and oxygen atoms in total. The lowest BCUT2D eigenvalue weighted by molar-refractivity contribution is -0.135. The molecule has 1 heterocycles. The number of likely N-dealkylation sites (tertiary alicyclic amines) is 1. The molecule has 0 unspecified atom stereocenters. The maximum absolute atomic E-state index is 12.3. The van der Waals surface area contributed by atoms with Crippen molar-refractivity contribution in [1.29, 1.82) is 0 Å². The summed E-state index contributed by atoms with van der Waals surface area (Å²) in [4.78, 5) is 13.8. The zero-order chi connectivity index (χ0) is 14.7. The van der Waals surface area contributed by atoms with Crippen LogP contribution in [0.15, 0.2) is 0 Å². The summed E-state index contributed by atoms with van der Waals surface area (Å²) in [5.41, 5.74) is 0. The molecule has 1 saturated heterocycles. The molecular formula is C12H23NO5S. The zero-order valence-electron chi connectivity index (χ0n) is 11.8. The van der Waals surface area contributed by atoms with Gasteiger partial charge in [-0.15, -0.1) is 0 Å². The molecule has 19 heavy (non-hydrogen) atoms. The molecule has 0 aromatic heterocycles. The van der Waals surface area contributed by atoms with Crippen molar-refractivity contribution in [3.63, 3.8) is 0 Å². The van der Waals surface area contributed by atoms with E-state index in [4.69, 9.17) is 9.84 Å². The molecule has 0 aromatic carbocycles. The maximum atomic E-state index is 12.3. The predicted octanol–water partition coefficient (Wildman–Crippen LogP) is -0.190. The number of ether oxygens (including phenoxy) is 1. The van der Waals surface area contributed by atoms with Crippen LogP contribution in [0.1, 0.15) is 26.7 Å². The van der Waals surface area contributed by atoms with E-state index in [9.17, 15) is 13.2 Å². The zero-order valence-corrected chi connectivity index (χ0v) is 12.6. The summed E-state index contributed by atoms with van der Waals surface area (Å²) in [5, 5.41) is 8.68. The van der Waals surface area contributed by atoms with Crippen molar-refractivity contribution in [2.75, 3.05) is 32.6 Å². The molecule has 1 rings (SSSR count). The van der Waals surface area contributed by atoms with Crippen LogP contribution in [0.5, 0.6) is 0 Å². The second kappa shape index (κ2) is 6.19. The Hall–Kier alpha value is -0.660. The summed E-state index contributed by atoms with van der Waals surface area (Å²) in [6.07, 6.45) is 2.47. The van der Waals surface area contributed by atoms with Crippen LogP contribution in [-0.4, -0.2) is 67.7 Å². The first-order chi connectivity index (χ1) is 8.70. The van der Waals surface area contributed by atoms with E-state index in [-0.39, 0.29) is 18.6 Å². The Bertz CT molecular complexity index is 410. The van der Waals surface area contributed by atoms with Gasteiger partial charge in [-0.2, -0.15) is 0 Å². The maximum Gasteiger partial charge on any atom is 0.243 e. The molecule has 1 aliphatic rings. The molecule has 112 valence electrons. The van der Waals surface area contributed by atoms with Crippen molar-refractivity contribution in [3.05, 3.63) is 0 Å². The average Bonchev–Trinajstić information content (AvgIpc) is 2.34. The molecule has 1 N–H and O–H groups in total. The van der Waals surface area contributed by atoms with Crippen molar-refractivity contribution in [2.24, 2.45) is 0 Å². The van der Waals surface area contributed by atoms with Gasteiger partial charge in [-0.25, -0.2) is 8.42 Å². The van der Waals surface area contributed by atoms with Gasteiger partial charge >= 0.3 is 0 Å². The number of carbonyl (C=O) groups is 1. The summed E-state index contributed by atoms with van der Waals surface area (Å²) in [6, 6.07) is 0. The second-order valence-corrected chi connectivity index (χ2v) is 7.93. The first-order valence-corrected chi connectivity index (χ1v) is 8.30. The normalized spacial score (nSPS) is 18.6. The van der Waals surface area contributed by atoms with Gasteiger partial charge < -0.3 is 14.7 Å². The minimum atomic E-state index is -3.43. The lowest BCUT2D eigenvalue weighted by Gasteiger charge is -2.36. The Morgan fingerprint density at radius 1 is 1.37 bits per heavy atom. The van der Waals surface area contributed by atoms with Crippen LogP contribution in [0, 0.1) is 0 Å². The van der Waals surface area contributed by atoms with Crippen LogP contribution in [0.2, 0.25) is 0 Å². The van der Waals surface area contributed by atoms with E-state index < -0.39 is 14.6 Å². The largest absolute Gasteiger partial charge is 0.394 e. The number of hydrogen-bond acceptors (Lipinski definition) is 5. The van der Waals surface area contributed by atoms with Crippen LogP contribution < -0.4 is 0 Å². The fourth-order valence-electron chi connectivity index (χ4n) is 1.98. The first kappa shape index (κ1) is 16.4. The number of nitrogens with zero attached hydrogens (tertiary/aromatic N) is 1. The number of sulfone groups is 1. The van der Waals surface area contributed by atoms with Gasteiger partial charge in [0.1, 0.15) is 4.75 Å². The Morgan fingerprint density at radius 2 is 1.89 bits per heavy atom. The Kier molecular flexibility index (Phi) is 5.34. The van der Waals surface area contributed by atoms with Gasteiger partial charge in [-0.1, -0.05) is 0 Å². The topological polar surface area (TPSA) is 83.9 Å². The molecule has 0 saturated carbocycles. The predicted molar refractivity (Wildman–Crippen MR) is 71.6 cm³/mol. The van der Waals surface area contributed by atoms with Crippen molar-refractivity contribution in [1.82, 2.24) is 4.90 Å². The van der Waals surface area contributed by atoms with Crippen LogP contribution in [0.3, 0.4) is 0 Å². The van der Waals surface area contributed by atoms with E-state index in [1.807, 2.05) is 0 Å². The van der Waals surface area contributed by atoms with Crippen LogP contribution in [-0.2, 0) is 19.4 Å². The molecule has 1 fully saturated rings. The number of piperidine rings is 1. The van der Waals surface area contributed by atoms with E-state index in [1.165, 1.54) is 13.8 Å². The third-order valence-corrected chi connectivity index (χ3v) is 5.64. The number of hydrogen-bond donors (Lipinski definition) is 1. The number of aliphatic hydroxyl groups excluding tert-OH is 1. The number of aliphatic hydroxyl groups is 1. The van der Waals surface area contributed by atoms with Gasteiger partial charge in [0.05, 0.1) is 19.3 Å². The van der Waals surface area contributed by atoms with Crippen LogP contribution >= 0.6 is 0 Å².